The number of nitrogens with one attached hydrogen (secondary N) is 1. The van der Waals surface area contributed by atoms with E-state index in [2.05, 4.69) is 26.3 Å². The second-order valence-corrected chi connectivity index (χ2v) is 5.78. The Labute approximate surface area is 136 Å². The van der Waals surface area contributed by atoms with Crippen LogP contribution in [-0.2, 0) is 11.2 Å². The Balaban J connectivity index is 1.65. The first kappa shape index (κ1) is 14.5. The molecular formula is C17H14BrN3O. The lowest BCUT2D eigenvalue weighted by molar-refractivity contribution is -0.115. The quantitative estimate of drug-likeness (QED) is 0.773. The van der Waals surface area contributed by atoms with E-state index in [1.807, 2.05) is 60.8 Å². The van der Waals surface area contributed by atoms with Crippen LogP contribution in [0.1, 0.15) is 5.56 Å². The van der Waals surface area contributed by atoms with Gasteiger partial charge < -0.3 is 5.32 Å². The minimum Gasteiger partial charge on any atom is -0.326 e. The Morgan fingerprint density at radius 1 is 1.09 bits per heavy atom. The van der Waals surface area contributed by atoms with Crippen molar-refractivity contribution in [3.8, 4) is 5.69 Å². The highest BCUT2D eigenvalue weighted by Gasteiger charge is 2.04. The van der Waals surface area contributed by atoms with Gasteiger partial charge in [-0.2, -0.15) is 5.10 Å². The van der Waals surface area contributed by atoms with E-state index in [9.17, 15) is 4.79 Å². The van der Waals surface area contributed by atoms with Crippen LogP contribution in [0.5, 0.6) is 0 Å². The molecule has 1 heterocycles. The van der Waals surface area contributed by atoms with Gasteiger partial charge in [0.15, 0.2) is 0 Å². The minimum atomic E-state index is -0.0271. The second kappa shape index (κ2) is 6.58. The number of benzene rings is 2. The molecule has 3 rings (SSSR count). The maximum atomic E-state index is 12.0. The SMILES string of the molecule is O=C(Cc1ccccc1)Nc1ccc(-n2cc(Br)cn2)cc1. The van der Waals surface area contributed by atoms with Crippen LogP contribution in [0.4, 0.5) is 5.69 Å². The number of halogens is 1. The predicted molar refractivity (Wildman–Crippen MR) is 90.0 cm³/mol. The van der Waals surface area contributed by atoms with Gasteiger partial charge >= 0.3 is 0 Å². The fourth-order valence-corrected chi connectivity index (χ4v) is 2.41. The van der Waals surface area contributed by atoms with Crippen molar-refractivity contribution < 1.29 is 4.79 Å². The summed E-state index contributed by atoms with van der Waals surface area (Å²) in [6.07, 6.45) is 3.98. The van der Waals surface area contributed by atoms with Gasteiger partial charge in [0.25, 0.3) is 0 Å². The topological polar surface area (TPSA) is 46.9 Å². The lowest BCUT2D eigenvalue weighted by Gasteiger charge is -2.07. The molecule has 3 aromatic rings. The molecule has 0 aliphatic rings. The normalized spacial score (nSPS) is 10.4. The Morgan fingerprint density at radius 2 is 1.82 bits per heavy atom. The lowest BCUT2D eigenvalue weighted by Crippen LogP contribution is -2.14. The lowest BCUT2D eigenvalue weighted by atomic mass is 10.1. The van der Waals surface area contributed by atoms with Crippen molar-refractivity contribution in [2.45, 2.75) is 6.42 Å². The molecule has 1 N–H and O–H groups in total. The maximum Gasteiger partial charge on any atom is 0.228 e. The van der Waals surface area contributed by atoms with Crippen molar-refractivity contribution in [1.82, 2.24) is 9.78 Å². The van der Waals surface area contributed by atoms with E-state index in [0.717, 1.165) is 21.4 Å². The molecule has 0 aliphatic heterocycles. The Morgan fingerprint density at radius 3 is 2.45 bits per heavy atom. The Kier molecular flexibility index (Phi) is 4.34. The summed E-state index contributed by atoms with van der Waals surface area (Å²) < 4.78 is 2.69. The predicted octanol–water partition coefficient (Wildman–Crippen LogP) is 3.82. The molecule has 22 heavy (non-hydrogen) atoms. The van der Waals surface area contributed by atoms with Gasteiger partial charge in [0.05, 0.1) is 22.8 Å². The van der Waals surface area contributed by atoms with Crippen molar-refractivity contribution in [2.75, 3.05) is 5.32 Å². The van der Waals surface area contributed by atoms with Gasteiger partial charge in [-0.25, -0.2) is 4.68 Å². The van der Waals surface area contributed by atoms with Crippen LogP contribution in [0.25, 0.3) is 5.69 Å². The van der Waals surface area contributed by atoms with Gasteiger partial charge in [-0.1, -0.05) is 30.3 Å². The van der Waals surface area contributed by atoms with Gasteiger partial charge in [0.2, 0.25) is 5.91 Å². The summed E-state index contributed by atoms with van der Waals surface area (Å²) in [5, 5.41) is 7.11. The molecule has 0 saturated carbocycles. The van der Waals surface area contributed by atoms with Gasteiger partial charge in [-0.15, -0.1) is 0 Å². The van der Waals surface area contributed by atoms with Gasteiger partial charge in [-0.3, -0.25) is 4.79 Å². The summed E-state index contributed by atoms with van der Waals surface area (Å²) in [6, 6.07) is 17.3. The minimum absolute atomic E-state index is 0.0271. The third-order valence-electron chi connectivity index (χ3n) is 3.17. The van der Waals surface area contributed by atoms with E-state index >= 15 is 0 Å². The van der Waals surface area contributed by atoms with Crippen LogP contribution in [-0.4, -0.2) is 15.7 Å². The molecule has 110 valence electrons. The first-order valence-corrected chi connectivity index (χ1v) is 7.64. The Hall–Kier alpha value is -2.40. The zero-order chi connectivity index (χ0) is 15.4. The average molecular weight is 356 g/mol. The van der Waals surface area contributed by atoms with Crippen molar-refractivity contribution in [3.63, 3.8) is 0 Å². The molecule has 4 nitrogen and oxygen atoms in total. The van der Waals surface area contributed by atoms with E-state index in [-0.39, 0.29) is 5.91 Å². The molecule has 0 fully saturated rings. The third kappa shape index (κ3) is 3.62. The highest BCUT2D eigenvalue weighted by Crippen LogP contribution is 2.15. The molecule has 5 heteroatoms. The fraction of sp³-hybridized carbons (Fsp3) is 0.0588. The van der Waals surface area contributed by atoms with Gasteiger partial charge in [0.1, 0.15) is 0 Å². The molecule has 0 saturated heterocycles. The molecule has 0 spiro atoms. The summed E-state index contributed by atoms with van der Waals surface area (Å²) in [5.41, 5.74) is 2.71. The van der Waals surface area contributed by atoms with Crippen LogP contribution in [0.3, 0.4) is 0 Å². The zero-order valence-corrected chi connectivity index (χ0v) is 13.3. The number of hydrogen-bond donors (Lipinski definition) is 1. The number of rotatable bonds is 4. The standard InChI is InChI=1S/C17H14BrN3O/c18-14-11-19-21(12-14)16-8-6-15(7-9-16)20-17(22)10-13-4-2-1-3-5-13/h1-9,11-12H,10H2,(H,20,22). The van der Waals surface area contributed by atoms with E-state index in [1.54, 1.807) is 10.9 Å². The highest BCUT2D eigenvalue weighted by atomic mass is 79.9. The maximum absolute atomic E-state index is 12.0. The molecule has 2 aromatic carbocycles. The number of nitrogens with zero attached hydrogens (tertiary/aromatic N) is 2. The molecule has 0 unspecified atom stereocenters. The first-order valence-electron chi connectivity index (χ1n) is 6.85. The summed E-state index contributed by atoms with van der Waals surface area (Å²) in [4.78, 5) is 12.0. The summed E-state index contributed by atoms with van der Waals surface area (Å²) in [5.74, 6) is -0.0271. The fourth-order valence-electron chi connectivity index (χ4n) is 2.13. The number of hydrogen-bond acceptors (Lipinski definition) is 2. The molecule has 1 amide bonds. The summed E-state index contributed by atoms with van der Waals surface area (Å²) in [6.45, 7) is 0. The third-order valence-corrected chi connectivity index (χ3v) is 3.58. The summed E-state index contributed by atoms with van der Waals surface area (Å²) in [7, 11) is 0. The van der Waals surface area contributed by atoms with Crippen molar-refractivity contribution in [2.24, 2.45) is 0 Å². The van der Waals surface area contributed by atoms with Crippen molar-refractivity contribution in [1.29, 1.82) is 0 Å². The molecule has 0 radical (unpaired) electrons. The van der Waals surface area contributed by atoms with E-state index < -0.39 is 0 Å². The second-order valence-electron chi connectivity index (χ2n) is 4.86. The molecule has 0 aliphatic carbocycles. The smallest absolute Gasteiger partial charge is 0.228 e. The average Bonchev–Trinajstić information content (AvgIpc) is 2.95. The van der Waals surface area contributed by atoms with E-state index in [4.69, 9.17) is 0 Å². The zero-order valence-electron chi connectivity index (χ0n) is 11.7. The Bertz CT molecular complexity index is 766. The van der Waals surface area contributed by atoms with Crippen LogP contribution in [0.2, 0.25) is 0 Å². The largest absolute Gasteiger partial charge is 0.326 e. The van der Waals surface area contributed by atoms with Crippen LogP contribution < -0.4 is 5.32 Å². The van der Waals surface area contributed by atoms with Gasteiger partial charge in [0, 0.05) is 11.9 Å². The number of carbonyl (C=O) groups excluding carboxylic acids is 1. The van der Waals surface area contributed by atoms with Crippen molar-refractivity contribution in [3.05, 3.63) is 77.0 Å². The number of amides is 1. The van der Waals surface area contributed by atoms with Crippen molar-refractivity contribution >= 4 is 27.5 Å². The van der Waals surface area contributed by atoms with Crippen LogP contribution in [0, 0.1) is 0 Å². The van der Waals surface area contributed by atoms with Gasteiger partial charge in [-0.05, 0) is 45.8 Å². The highest BCUT2D eigenvalue weighted by molar-refractivity contribution is 9.10. The first-order chi connectivity index (χ1) is 10.7. The number of anilines is 1. The van der Waals surface area contributed by atoms with E-state index in [0.29, 0.717) is 6.42 Å². The van der Waals surface area contributed by atoms with E-state index in [1.165, 1.54) is 0 Å². The summed E-state index contributed by atoms with van der Waals surface area (Å²) >= 11 is 3.37. The number of carbonyl (C=O) groups is 1. The van der Waals surface area contributed by atoms with Crippen LogP contribution >= 0.6 is 15.9 Å². The number of aromatic nitrogens is 2. The molecule has 1 aromatic heterocycles. The molecular weight excluding hydrogens is 342 g/mol. The molecule has 0 atom stereocenters. The monoisotopic (exact) mass is 355 g/mol. The van der Waals surface area contributed by atoms with Crippen LogP contribution in [0.15, 0.2) is 71.5 Å². The molecule has 0 bridgehead atoms.